The van der Waals surface area contributed by atoms with Gasteiger partial charge >= 0.3 is 0 Å². The van der Waals surface area contributed by atoms with Crippen molar-refractivity contribution < 1.29 is 14.6 Å². The molecule has 1 heterocycles. The van der Waals surface area contributed by atoms with Gasteiger partial charge in [0, 0.05) is 18.7 Å². The maximum atomic E-state index is 9.14. The van der Waals surface area contributed by atoms with E-state index in [1.165, 1.54) is 0 Å². The average Bonchev–Trinajstić information content (AvgIpc) is 2.37. The third-order valence-electron chi connectivity index (χ3n) is 2.97. The standard InChI is InChI=1S/C14H21NO3/c1-10(2)15-11(7-8-16)14-9-17-12-5-3-4-6-13(12)18-14/h3-6,10-11,14-16H,7-9H2,1-2H3/t11-,14+/m0/s1. The fourth-order valence-electron chi connectivity index (χ4n) is 2.18. The van der Waals surface area contributed by atoms with Crippen LogP contribution in [0.1, 0.15) is 20.3 Å². The van der Waals surface area contributed by atoms with Crippen LogP contribution in [-0.4, -0.2) is 36.5 Å². The molecule has 0 saturated heterocycles. The summed E-state index contributed by atoms with van der Waals surface area (Å²) in [5.74, 6) is 1.57. The molecule has 0 saturated carbocycles. The number of para-hydroxylation sites is 2. The molecule has 0 spiro atoms. The van der Waals surface area contributed by atoms with Crippen LogP contribution in [0.4, 0.5) is 0 Å². The summed E-state index contributed by atoms with van der Waals surface area (Å²) in [5, 5.41) is 12.6. The van der Waals surface area contributed by atoms with E-state index in [2.05, 4.69) is 19.2 Å². The lowest BCUT2D eigenvalue weighted by molar-refractivity contribution is 0.0514. The van der Waals surface area contributed by atoms with Gasteiger partial charge in [-0.25, -0.2) is 0 Å². The quantitative estimate of drug-likeness (QED) is 0.834. The zero-order valence-electron chi connectivity index (χ0n) is 10.9. The predicted octanol–water partition coefficient (Wildman–Crippen LogP) is 1.58. The van der Waals surface area contributed by atoms with Crippen molar-refractivity contribution in [2.45, 2.75) is 38.5 Å². The van der Waals surface area contributed by atoms with Crippen LogP contribution in [0.25, 0.3) is 0 Å². The SMILES string of the molecule is CC(C)N[C@@H](CCO)[C@H]1COc2ccccc2O1. The van der Waals surface area contributed by atoms with Gasteiger partial charge in [0.2, 0.25) is 0 Å². The Morgan fingerprint density at radius 1 is 1.33 bits per heavy atom. The van der Waals surface area contributed by atoms with E-state index < -0.39 is 0 Å². The van der Waals surface area contributed by atoms with Crippen molar-refractivity contribution >= 4 is 0 Å². The van der Waals surface area contributed by atoms with Crippen LogP contribution in [0.2, 0.25) is 0 Å². The number of aliphatic hydroxyl groups is 1. The van der Waals surface area contributed by atoms with Crippen molar-refractivity contribution in [2.24, 2.45) is 0 Å². The molecule has 0 aliphatic carbocycles. The molecule has 4 heteroatoms. The molecule has 0 bridgehead atoms. The average molecular weight is 251 g/mol. The normalized spacial score (nSPS) is 19.9. The number of fused-ring (bicyclic) bond motifs is 1. The van der Waals surface area contributed by atoms with Crippen molar-refractivity contribution in [2.75, 3.05) is 13.2 Å². The van der Waals surface area contributed by atoms with Crippen molar-refractivity contribution in [3.05, 3.63) is 24.3 Å². The molecule has 1 aromatic carbocycles. The molecule has 100 valence electrons. The Bertz CT molecular complexity index is 381. The monoisotopic (exact) mass is 251 g/mol. The first-order valence-corrected chi connectivity index (χ1v) is 6.46. The summed E-state index contributed by atoms with van der Waals surface area (Å²) in [4.78, 5) is 0. The van der Waals surface area contributed by atoms with E-state index in [4.69, 9.17) is 14.6 Å². The van der Waals surface area contributed by atoms with Crippen molar-refractivity contribution in [1.29, 1.82) is 0 Å². The summed E-state index contributed by atoms with van der Waals surface area (Å²) in [7, 11) is 0. The van der Waals surface area contributed by atoms with Crippen molar-refractivity contribution in [3.8, 4) is 11.5 Å². The number of nitrogens with one attached hydrogen (secondary N) is 1. The van der Waals surface area contributed by atoms with E-state index in [1.54, 1.807) is 0 Å². The zero-order valence-corrected chi connectivity index (χ0v) is 10.9. The molecule has 0 radical (unpaired) electrons. The Kier molecular flexibility index (Phi) is 4.44. The van der Waals surface area contributed by atoms with Crippen molar-refractivity contribution in [3.63, 3.8) is 0 Å². The number of benzene rings is 1. The van der Waals surface area contributed by atoms with Gasteiger partial charge in [-0.05, 0) is 18.6 Å². The first kappa shape index (κ1) is 13.2. The molecule has 0 amide bonds. The van der Waals surface area contributed by atoms with E-state index in [0.717, 1.165) is 11.5 Å². The molecule has 1 aliphatic rings. The van der Waals surface area contributed by atoms with Crippen LogP contribution in [0.3, 0.4) is 0 Å². The molecule has 2 N–H and O–H groups in total. The van der Waals surface area contributed by atoms with Gasteiger partial charge in [0.05, 0.1) is 0 Å². The van der Waals surface area contributed by atoms with Gasteiger partial charge in [0.15, 0.2) is 11.5 Å². The first-order chi connectivity index (χ1) is 8.70. The summed E-state index contributed by atoms with van der Waals surface area (Å²) < 4.78 is 11.6. The molecule has 1 aromatic rings. The summed E-state index contributed by atoms with van der Waals surface area (Å²) in [6.07, 6.45) is 0.600. The third-order valence-corrected chi connectivity index (χ3v) is 2.97. The lowest BCUT2D eigenvalue weighted by atomic mass is 10.1. The highest BCUT2D eigenvalue weighted by atomic mass is 16.6. The second-order valence-electron chi connectivity index (χ2n) is 4.85. The summed E-state index contributed by atoms with van der Waals surface area (Å²) in [6, 6.07) is 8.13. The third kappa shape index (κ3) is 3.15. The zero-order chi connectivity index (χ0) is 13.0. The highest BCUT2D eigenvalue weighted by Gasteiger charge is 2.28. The Hall–Kier alpha value is -1.26. The maximum Gasteiger partial charge on any atom is 0.161 e. The number of aliphatic hydroxyl groups excluding tert-OH is 1. The number of ether oxygens (including phenoxy) is 2. The van der Waals surface area contributed by atoms with Crippen LogP contribution < -0.4 is 14.8 Å². The highest BCUT2D eigenvalue weighted by Crippen LogP contribution is 2.31. The van der Waals surface area contributed by atoms with Gasteiger partial charge in [-0.2, -0.15) is 0 Å². The Morgan fingerprint density at radius 2 is 2.06 bits per heavy atom. The van der Waals surface area contributed by atoms with E-state index in [1.807, 2.05) is 24.3 Å². The second-order valence-corrected chi connectivity index (χ2v) is 4.85. The van der Waals surface area contributed by atoms with Gasteiger partial charge < -0.3 is 19.9 Å². The largest absolute Gasteiger partial charge is 0.486 e. The molecule has 2 rings (SSSR count). The van der Waals surface area contributed by atoms with Crippen LogP contribution in [0.5, 0.6) is 11.5 Å². The number of hydrogen-bond donors (Lipinski definition) is 2. The van der Waals surface area contributed by atoms with E-state index in [0.29, 0.717) is 19.1 Å². The van der Waals surface area contributed by atoms with E-state index in [9.17, 15) is 0 Å². The van der Waals surface area contributed by atoms with Crippen LogP contribution in [0, 0.1) is 0 Å². The summed E-state index contributed by atoms with van der Waals surface area (Å²) >= 11 is 0. The Morgan fingerprint density at radius 3 is 2.72 bits per heavy atom. The number of rotatable bonds is 5. The fourth-order valence-corrected chi connectivity index (χ4v) is 2.18. The lowest BCUT2D eigenvalue weighted by Crippen LogP contribution is -2.50. The van der Waals surface area contributed by atoms with E-state index in [-0.39, 0.29) is 18.8 Å². The maximum absolute atomic E-state index is 9.14. The first-order valence-electron chi connectivity index (χ1n) is 6.46. The minimum Gasteiger partial charge on any atom is -0.486 e. The second kappa shape index (κ2) is 6.07. The minimum absolute atomic E-state index is 0.0607. The van der Waals surface area contributed by atoms with Crippen LogP contribution in [-0.2, 0) is 0 Å². The van der Waals surface area contributed by atoms with Gasteiger partial charge in [0.1, 0.15) is 12.7 Å². The lowest BCUT2D eigenvalue weighted by Gasteiger charge is -2.33. The molecule has 0 unspecified atom stereocenters. The molecular formula is C14H21NO3. The molecular weight excluding hydrogens is 230 g/mol. The molecule has 0 aromatic heterocycles. The van der Waals surface area contributed by atoms with Crippen LogP contribution in [0.15, 0.2) is 24.3 Å². The van der Waals surface area contributed by atoms with Gasteiger partial charge in [-0.3, -0.25) is 0 Å². The summed E-state index contributed by atoms with van der Waals surface area (Å²) in [6.45, 7) is 4.83. The fraction of sp³-hybridized carbons (Fsp3) is 0.571. The van der Waals surface area contributed by atoms with Gasteiger partial charge in [0.25, 0.3) is 0 Å². The van der Waals surface area contributed by atoms with Crippen LogP contribution >= 0.6 is 0 Å². The Balaban J connectivity index is 2.05. The smallest absolute Gasteiger partial charge is 0.161 e. The van der Waals surface area contributed by atoms with Gasteiger partial charge in [-0.1, -0.05) is 26.0 Å². The van der Waals surface area contributed by atoms with Crippen molar-refractivity contribution in [1.82, 2.24) is 5.32 Å². The molecule has 4 nitrogen and oxygen atoms in total. The molecule has 0 fully saturated rings. The van der Waals surface area contributed by atoms with E-state index >= 15 is 0 Å². The van der Waals surface area contributed by atoms with Gasteiger partial charge in [-0.15, -0.1) is 0 Å². The molecule has 2 atom stereocenters. The topological polar surface area (TPSA) is 50.7 Å². The highest BCUT2D eigenvalue weighted by molar-refractivity contribution is 5.40. The predicted molar refractivity (Wildman–Crippen MR) is 70.1 cm³/mol. The summed E-state index contributed by atoms with van der Waals surface area (Å²) in [5.41, 5.74) is 0. The molecule has 18 heavy (non-hydrogen) atoms. The minimum atomic E-state index is -0.0607. The Labute approximate surface area is 108 Å². The number of hydrogen-bond acceptors (Lipinski definition) is 4. The molecule has 1 aliphatic heterocycles.